The van der Waals surface area contributed by atoms with Crippen molar-refractivity contribution in [1.29, 1.82) is 0 Å². The first-order valence-corrected chi connectivity index (χ1v) is 7.88. The molecule has 6 nitrogen and oxygen atoms in total. The Morgan fingerprint density at radius 1 is 1.56 bits per heavy atom. The quantitative estimate of drug-likeness (QED) is 0.556. The Hall–Kier alpha value is -0.920. The summed E-state index contributed by atoms with van der Waals surface area (Å²) in [6, 6.07) is -0.0502. The maximum absolute atomic E-state index is 11.4. The molecule has 0 fully saturated rings. The molecular weight excluding hydrogens is 252 g/mol. The van der Waals surface area contributed by atoms with Crippen molar-refractivity contribution in [3.05, 3.63) is 17.5 Å². The van der Waals surface area contributed by atoms with Crippen LogP contribution in [0, 0.1) is 6.92 Å². The molecule has 0 aliphatic rings. The molecule has 0 aromatic carbocycles. The average molecular weight is 274 g/mol. The molecule has 1 unspecified atom stereocenters. The van der Waals surface area contributed by atoms with Crippen LogP contribution in [-0.2, 0) is 16.9 Å². The van der Waals surface area contributed by atoms with Crippen LogP contribution in [0.2, 0.25) is 0 Å². The Bertz CT molecular complexity index is 481. The summed E-state index contributed by atoms with van der Waals surface area (Å²) in [6.07, 6.45) is 3.19. The zero-order chi connectivity index (χ0) is 13.8. The lowest BCUT2D eigenvalue weighted by Gasteiger charge is -2.14. The van der Waals surface area contributed by atoms with E-state index in [2.05, 4.69) is 10.5 Å². The zero-order valence-electron chi connectivity index (χ0n) is 11.2. The van der Waals surface area contributed by atoms with Crippen molar-refractivity contribution in [2.24, 2.45) is 12.9 Å². The Morgan fingerprint density at radius 2 is 2.22 bits per heavy atom. The normalized spacial score (nSPS) is 13.8. The van der Waals surface area contributed by atoms with Crippen LogP contribution in [0.4, 0.5) is 0 Å². The van der Waals surface area contributed by atoms with Crippen LogP contribution in [0.3, 0.4) is 0 Å². The van der Waals surface area contributed by atoms with Crippen molar-refractivity contribution >= 4 is 9.84 Å². The van der Waals surface area contributed by atoms with Gasteiger partial charge in [-0.05, 0) is 19.8 Å². The maximum atomic E-state index is 11.4. The van der Waals surface area contributed by atoms with E-state index < -0.39 is 9.84 Å². The van der Waals surface area contributed by atoms with Gasteiger partial charge in [-0.25, -0.2) is 8.42 Å². The van der Waals surface area contributed by atoms with Gasteiger partial charge in [0.15, 0.2) is 0 Å². The van der Waals surface area contributed by atoms with Gasteiger partial charge in [0.05, 0.1) is 11.4 Å². The SMILES string of the molecule is CCS(=O)(=O)CCCC(NN)c1cn(C)nc1C. The van der Waals surface area contributed by atoms with Gasteiger partial charge in [0.25, 0.3) is 0 Å². The smallest absolute Gasteiger partial charge is 0.150 e. The standard InChI is InChI=1S/C11H22N4O2S/c1-4-18(16,17)7-5-6-11(13-12)10-8-15(3)14-9(10)2/h8,11,13H,4-7,12H2,1-3H3. The molecule has 18 heavy (non-hydrogen) atoms. The van der Waals surface area contributed by atoms with Crippen molar-refractivity contribution < 1.29 is 8.42 Å². The monoisotopic (exact) mass is 274 g/mol. The van der Waals surface area contributed by atoms with Gasteiger partial charge >= 0.3 is 0 Å². The fourth-order valence-corrected chi connectivity index (χ4v) is 2.84. The third kappa shape index (κ3) is 4.08. The second-order valence-corrected chi connectivity index (χ2v) is 6.91. The number of aryl methyl sites for hydroxylation is 2. The third-order valence-electron chi connectivity index (χ3n) is 3.02. The highest BCUT2D eigenvalue weighted by Gasteiger charge is 2.16. The third-order valence-corrected chi connectivity index (χ3v) is 4.81. The largest absolute Gasteiger partial charge is 0.275 e. The fraction of sp³-hybridized carbons (Fsp3) is 0.727. The number of nitrogens with one attached hydrogen (secondary N) is 1. The number of nitrogens with zero attached hydrogens (tertiary/aromatic N) is 2. The predicted octanol–water partition coefficient (Wildman–Crippen LogP) is 0.448. The fourth-order valence-electron chi connectivity index (χ4n) is 1.94. The minimum absolute atomic E-state index is 0.0502. The highest BCUT2D eigenvalue weighted by molar-refractivity contribution is 7.91. The van der Waals surface area contributed by atoms with Crippen LogP contribution in [0.1, 0.15) is 37.1 Å². The van der Waals surface area contributed by atoms with Crippen molar-refractivity contribution in [3.8, 4) is 0 Å². The highest BCUT2D eigenvalue weighted by atomic mass is 32.2. The molecule has 1 heterocycles. The van der Waals surface area contributed by atoms with Gasteiger partial charge in [-0.3, -0.25) is 16.0 Å². The predicted molar refractivity (Wildman–Crippen MR) is 71.6 cm³/mol. The minimum Gasteiger partial charge on any atom is -0.275 e. The Labute approximate surface area is 108 Å². The average Bonchev–Trinajstić information content (AvgIpc) is 2.64. The van der Waals surface area contributed by atoms with Gasteiger partial charge in [0, 0.05) is 30.6 Å². The summed E-state index contributed by atoms with van der Waals surface area (Å²) >= 11 is 0. The molecule has 1 aromatic heterocycles. The second kappa shape index (κ2) is 6.31. The number of nitrogens with two attached hydrogens (primary N) is 1. The summed E-state index contributed by atoms with van der Waals surface area (Å²) in [6.45, 7) is 3.59. The van der Waals surface area contributed by atoms with E-state index in [1.807, 2.05) is 20.2 Å². The molecule has 3 N–H and O–H groups in total. The highest BCUT2D eigenvalue weighted by Crippen LogP contribution is 2.20. The van der Waals surface area contributed by atoms with Crippen LogP contribution < -0.4 is 11.3 Å². The van der Waals surface area contributed by atoms with E-state index >= 15 is 0 Å². The van der Waals surface area contributed by atoms with Crippen molar-refractivity contribution in [2.75, 3.05) is 11.5 Å². The van der Waals surface area contributed by atoms with E-state index in [1.54, 1.807) is 11.6 Å². The van der Waals surface area contributed by atoms with Crippen molar-refractivity contribution in [3.63, 3.8) is 0 Å². The van der Waals surface area contributed by atoms with Crippen LogP contribution in [0.25, 0.3) is 0 Å². The zero-order valence-corrected chi connectivity index (χ0v) is 12.0. The first kappa shape index (κ1) is 15.1. The van der Waals surface area contributed by atoms with Crippen molar-refractivity contribution in [2.45, 2.75) is 32.7 Å². The number of aromatic nitrogens is 2. The molecule has 0 amide bonds. The van der Waals surface area contributed by atoms with Gasteiger partial charge in [0.1, 0.15) is 9.84 Å². The number of hydrazine groups is 1. The lowest BCUT2D eigenvalue weighted by atomic mass is 10.0. The number of sulfone groups is 1. The number of rotatable bonds is 7. The molecule has 0 aliphatic carbocycles. The molecule has 1 aromatic rings. The van der Waals surface area contributed by atoms with E-state index in [9.17, 15) is 8.42 Å². The summed E-state index contributed by atoms with van der Waals surface area (Å²) in [5.41, 5.74) is 4.67. The van der Waals surface area contributed by atoms with E-state index in [4.69, 9.17) is 5.84 Å². The van der Waals surface area contributed by atoms with Crippen molar-refractivity contribution in [1.82, 2.24) is 15.2 Å². The molecule has 0 bridgehead atoms. The van der Waals surface area contributed by atoms with Crippen LogP contribution in [0.5, 0.6) is 0 Å². The van der Waals surface area contributed by atoms with Gasteiger partial charge in [-0.1, -0.05) is 6.92 Å². The van der Waals surface area contributed by atoms with E-state index in [-0.39, 0.29) is 17.5 Å². The van der Waals surface area contributed by atoms with Gasteiger partial charge < -0.3 is 0 Å². The summed E-state index contributed by atoms with van der Waals surface area (Å²) in [4.78, 5) is 0. The summed E-state index contributed by atoms with van der Waals surface area (Å²) in [5.74, 6) is 5.93. The number of hydrogen-bond donors (Lipinski definition) is 2. The van der Waals surface area contributed by atoms with Gasteiger partial charge in [-0.15, -0.1) is 0 Å². The molecular formula is C11H22N4O2S. The van der Waals surface area contributed by atoms with Gasteiger partial charge in [-0.2, -0.15) is 5.10 Å². The second-order valence-electron chi connectivity index (χ2n) is 4.44. The first-order valence-electron chi connectivity index (χ1n) is 6.06. The molecule has 104 valence electrons. The Balaban J connectivity index is 2.61. The van der Waals surface area contributed by atoms with E-state index in [0.29, 0.717) is 12.8 Å². The molecule has 0 saturated carbocycles. The van der Waals surface area contributed by atoms with Crippen LogP contribution in [0.15, 0.2) is 6.20 Å². The molecule has 1 rings (SSSR count). The molecule has 0 saturated heterocycles. The summed E-state index contributed by atoms with van der Waals surface area (Å²) in [5, 5.41) is 4.26. The molecule has 1 atom stereocenters. The molecule has 0 aliphatic heterocycles. The lowest BCUT2D eigenvalue weighted by molar-refractivity contribution is 0.505. The van der Waals surface area contributed by atoms with Crippen LogP contribution in [-0.4, -0.2) is 29.7 Å². The summed E-state index contributed by atoms with van der Waals surface area (Å²) in [7, 11) is -1.05. The molecule has 0 spiro atoms. The first-order chi connectivity index (χ1) is 8.39. The Morgan fingerprint density at radius 3 is 2.67 bits per heavy atom. The maximum Gasteiger partial charge on any atom is 0.150 e. The topological polar surface area (TPSA) is 90.0 Å². The number of hydrogen-bond acceptors (Lipinski definition) is 5. The minimum atomic E-state index is -2.90. The Kier molecular flexibility index (Phi) is 5.30. The van der Waals surface area contributed by atoms with E-state index in [0.717, 1.165) is 11.3 Å². The van der Waals surface area contributed by atoms with E-state index in [1.165, 1.54) is 0 Å². The van der Waals surface area contributed by atoms with Gasteiger partial charge in [0.2, 0.25) is 0 Å². The molecule has 0 radical (unpaired) electrons. The van der Waals surface area contributed by atoms with Crippen LogP contribution >= 0.6 is 0 Å². The molecule has 7 heteroatoms. The lowest BCUT2D eigenvalue weighted by Crippen LogP contribution is -2.28. The summed E-state index contributed by atoms with van der Waals surface area (Å²) < 4.78 is 24.6.